The number of phenols is 2. The van der Waals surface area contributed by atoms with Crippen molar-refractivity contribution in [3.05, 3.63) is 108 Å². The van der Waals surface area contributed by atoms with Crippen LogP contribution < -0.4 is 24.8 Å². The molecule has 0 aliphatic heterocycles. The van der Waals surface area contributed by atoms with Crippen LogP contribution in [0.1, 0.15) is 34.8 Å². The number of benzene rings is 6. The van der Waals surface area contributed by atoms with Crippen molar-refractivity contribution in [1.29, 1.82) is 0 Å². The maximum atomic E-state index is 13.2. The standard InChI is InChI=1S/C42H40N4O13S2/c1-24-9-14-35(25(2)19-24)56-16-6-15-43-42(50)33-23-36(31-7-4-5-8-32(31)40(33)48)57-18-17-55-29-12-10-28(11-13-29)45-46-39-37(60-59-58-51)21-27-20-30(61(52,53)54)22-34(44-26(3)47)38(27)41(39)49/h4-5,7-14,19-23,48-49,51H,6,15-18H2,1-3H3,(H,43,50)(H,44,47)(H,52,53,54). The zero-order chi connectivity index (χ0) is 43.7. The van der Waals surface area contributed by atoms with Gasteiger partial charge in [0.1, 0.15) is 41.9 Å². The number of phenolic OH excluding ortho intramolecular Hbond substituents is 2. The van der Waals surface area contributed by atoms with Gasteiger partial charge in [-0.2, -0.15) is 13.5 Å². The van der Waals surface area contributed by atoms with Crippen LogP contribution in [0.15, 0.2) is 111 Å². The molecule has 0 aliphatic rings. The van der Waals surface area contributed by atoms with Crippen LogP contribution in [0, 0.1) is 13.8 Å². The Morgan fingerprint density at radius 2 is 1.52 bits per heavy atom. The van der Waals surface area contributed by atoms with Crippen molar-refractivity contribution in [2.24, 2.45) is 10.2 Å². The summed E-state index contributed by atoms with van der Waals surface area (Å²) in [6.07, 6.45) is 0.551. The number of carbonyl (C=O) groups excluding carboxylic acids is 2. The summed E-state index contributed by atoms with van der Waals surface area (Å²) in [7, 11) is -4.72. The van der Waals surface area contributed by atoms with E-state index < -0.39 is 32.6 Å². The molecule has 0 heterocycles. The lowest BCUT2D eigenvalue weighted by molar-refractivity contribution is -0.432. The van der Waals surface area contributed by atoms with Gasteiger partial charge in [0.05, 0.1) is 45.4 Å². The van der Waals surface area contributed by atoms with Crippen LogP contribution in [0.3, 0.4) is 0 Å². The van der Waals surface area contributed by atoms with Crippen LogP contribution in [0.25, 0.3) is 21.5 Å². The van der Waals surface area contributed by atoms with Crippen LogP contribution in [-0.4, -0.2) is 66.6 Å². The Morgan fingerprint density at radius 1 is 0.803 bits per heavy atom. The van der Waals surface area contributed by atoms with Gasteiger partial charge in [-0.1, -0.05) is 47.0 Å². The largest absolute Gasteiger partial charge is 0.506 e. The SMILES string of the molecule is CC(=O)Nc1cc(S(=O)(=O)O)cc2cc(SOOO)c(N=Nc3ccc(OCCOc4cc(C(=O)NCCCOc5ccc(C)cc5C)c(O)c5ccccc45)cc3)c(O)c12. The molecule has 6 N–H and O–H groups in total. The topological polar surface area (TPSA) is 244 Å². The van der Waals surface area contributed by atoms with E-state index in [1.807, 2.05) is 32.0 Å². The van der Waals surface area contributed by atoms with Crippen molar-refractivity contribution in [3.63, 3.8) is 0 Å². The van der Waals surface area contributed by atoms with E-state index in [9.17, 15) is 32.8 Å². The number of aryl methyl sites for hydroxylation is 2. The van der Waals surface area contributed by atoms with Crippen molar-refractivity contribution in [2.75, 3.05) is 31.7 Å². The first-order valence-corrected chi connectivity index (χ1v) is 20.7. The summed E-state index contributed by atoms with van der Waals surface area (Å²) >= 11 is 0.410. The predicted octanol–water partition coefficient (Wildman–Crippen LogP) is 8.73. The number of aromatic hydroxyl groups is 2. The number of nitrogens with zero attached hydrogens (tertiary/aromatic N) is 2. The molecule has 0 bridgehead atoms. The number of fused-ring (bicyclic) bond motifs is 2. The van der Waals surface area contributed by atoms with E-state index in [4.69, 9.17) is 19.5 Å². The molecule has 19 heteroatoms. The highest BCUT2D eigenvalue weighted by Crippen LogP contribution is 2.47. The Hall–Kier alpha value is -6.48. The molecule has 0 atom stereocenters. The number of azo groups is 1. The van der Waals surface area contributed by atoms with Crippen molar-refractivity contribution in [3.8, 4) is 28.7 Å². The minimum atomic E-state index is -4.72. The van der Waals surface area contributed by atoms with Gasteiger partial charge in [0.15, 0.2) is 5.75 Å². The lowest BCUT2D eigenvalue weighted by atomic mass is 10.0. The minimum absolute atomic E-state index is 0.00732. The predicted molar refractivity (Wildman–Crippen MR) is 226 cm³/mol. The number of hydrogen-bond donors (Lipinski definition) is 6. The molecule has 318 valence electrons. The maximum absolute atomic E-state index is 13.2. The van der Waals surface area contributed by atoms with Crippen molar-refractivity contribution < 1.29 is 61.6 Å². The Labute approximate surface area is 353 Å². The fraction of sp³-hybridized carbons (Fsp3) is 0.190. The van der Waals surface area contributed by atoms with Gasteiger partial charge < -0.3 is 35.1 Å². The molecule has 0 fully saturated rings. The van der Waals surface area contributed by atoms with Gasteiger partial charge in [-0.05, 0) is 85.8 Å². The van der Waals surface area contributed by atoms with Crippen LogP contribution in [0.4, 0.5) is 17.1 Å². The number of hydrogen-bond acceptors (Lipinski definition) is 15. The Kier molecular flexibility index (Phi) is 14.3. The van der Waals surface area contributed by atoms with Crippen molar-refractivity contribution in [2.45, 2.75) is 37.0 Å². The number of carbonyl (C=O) groups is 2. The Morgan fingerprint density at radius 3 is 2.23 bits per heavy atom. The molecular weight excluding hydrogens is 833 g/mol. The molecule has 6 aromatic carbocycles. The lowest BCUT2D eigenvalue weighted by Gasteiger charge is -2.15. The first-order valence-electron chi connectivity index (χ1n) is 18.5. The number of anilines is 1. The fourth-order valence-electron chi connectivity index (χ4n) is 6.27. The maximum Gasteiger partial charge on any atom is 0.294 e. The van der Waals surface area contributed by atoms with Crippen LogP contribution in [0.2, 0.25) is 0 Å². The van der Waals surface area contributed by atoms with Crippen molar-refractivity contribution in [1.82, 2.24) is 5.32 Å². The highest BCUT2D eigenvalue weighted by molar-refractivity contribution is 7.94. The van der Waals surface area contributed by atoms with Gasteiger partial charge in [0.2, 0.25) is 5.91 Å². The molecule has 61 heavy (non-hydrogen) atoms. The summed E-state index contributed by atoms with van der Waals surface area (Å²) in [5.74, 6) is -0.141. The molecule has 17 nitrogen and oxygen atoms in total. The van der Waals surface area contributed by atoms with E-state index in [0.29, 0.717) is 59.6 Å². The normalized spacial score (nSPS) is 11.6. The molecule has 0 saturated heterocycles. The average Bonchev–Trinajstić information content (AvgIpc) is 3.22. The van der Waals surface area contributed by atoms with E-state index in [0.717, 1.165) is 29.0 Å². The second kappa shape index (κ2) is 19.7. The first-order chi connectivity index (χ1) is 29.2. The zero-order valence-electron chi connectivity index (χ0n) is 32.9. The second-order valence-corrected chi connectivity index (χ2v) is 15.6. The summed E-state index contributed by atoms with van der Waals surface area (Å²) in [5, 5.41) is 49.4. The fourth-order valence-corrected chi connectivity index (χ4v) is 7.31. The number of amides is 2. The second-order valence-electron chi connectivity index (χ2n) is 13.5. The van der Waals surface area contributed by atoms with Crippen LogP contribution >= 0.6 is 12.0 Å². The highest BCUT2D eigenvalue weighted by Gasteiger charge is 2.22. The van der Waals surface area contributed by atoms with E-state index in [-0.39, 0.29) is 51.6 Å². The molecule has 0 unspecified atom stereocenters. The Balaban J connectivity index is 1.10. The average molecular weight is 873 g/mol. The van der Waals surface area contributed by atoms with Crippen LogP contribution in [-0.2, 0) is 24.3 Å². The number of ether oxygens (including phenoxy) is 3. The van der Waals surface area contributed by atoms with Gasteiger partial charge in [-0.3, -0.25) is 14.1 Å². The van der Waals surface area contributed by atoms with Gasteiger partial charge in [0, 0.05) is 29.6 Å². The van der Waals surface area contributed by atoms with Gasteiger partial charge >= 0.3 is 0 Å². The summed E-state index contributed by atoms with van der Waals surface area (Å²) < 4.78 is 55.8. The van der Waals surface area contributed by atoms with Gasteiger partial charge in [0.25, 0.3) is 16.0 Å². The first kappa shape index (κ1) is 44.1. The minimum Gasteiger partial charge on any atom is -0.506 e. The van der Waals surface area contributed by atoms with Gasteiger partial charge in [-0.15, -0.1) is 9.45 Å². The summed E-state index contributed by atoms with van der Waals surface area (Å²) in [5.41, 5.74) is 2.22. The summed E-state index contributed by atoms with van der Waals surface area (Å²) in [6.45, 7) is 6.08. The lowest BCUT2D eigenvalue weighted by Crippen LogP contribution is -2.25. The third-order valence-electron chi connectivity index (χ3n) is 9.02. The summed E-state index contributed by atoms with van der Waals surface area (Å²) in [4.78, 5) is 24.6. The molecule has 2 amide bonds. The smallest absolute Gasteiger partial charge is 0.294 e. The molecule has 0 radical (unpaired) electrons. The van der Waals surface area contributed by atoms with E-state index in [1.165, 1.54) is 19.1 Å². The van der Waals surface area contributed by atoms with Gasteiger partial charge in [-0.25, -0.2) is 5.26 Å². The molecule has 0 spiro atoms. The monoisotopic (exact) mass is 872 g/mol. The third kappa shape index (κ3) is 11.0. The molecular formula is C42H40N4O13S2. The summed E-state index contributed by atoms with van der Waals surface area (Å²) in [6, 6.07) is 24.2. The number of nitrogens with one attached hydrogen (secondary N) is 2. The van der Waals surface area contributed by atoms with E-state index in [2.05, 4.69) is 30.2 Å². The molecule has 6 rings (SSSR count). The number of rotatable bonds is 18. The molecule has 6 aromatic rings. The Bertz CT molecular complexity index is 2730. The van der Waals surface area contributed by atoms with E-state index >= 15 is 0 Å². The van der Waals surface area contributed by atoms with E-state index in [1.54, 1.807) is 48.5 Å². The zero-order valence-corrected chi connectivity index (χ0v) is 34.5. The molecule has 0 aliphatic carbocycles. The molecule has 0 saturated carbocycles. The van der Waals surface area contributed by atoms with Crippen LogP contribution in [0.5, 0.6) is 28.7 Å². The molecule has 0 aromatic heterocycles. The highest BCUT2D eigenvalue weighted by atomic mass is 32.2. The third-order valence-corrected chi connectivity index (χ3v) is 10.5. The van der Waals surface area contributed by atoms with Crippen molar-refractivity contribution >= 4 is 72.6 Å². The quantitative estimate of drug-likeness (QED) is 0.0118.